The van der Waals surface area contributed by atoms with E-state index in [0.717, 1.165) is 15.8 Å². The van der Waals surface area contributed by atoms with E-state index in [2.05, 4.69) is 25.1 Å². The van der Waals surface area contributed by atoms with E-state index in [-0.39, 0.29) is 11.6 Å². The third kappa shape index (κ3) is 2.22. The summed E-state index contributed by atoms with van der Waals surface area (Å²) in [6.07, 6.45) is 0. The molecule has 95 valence electrons. The predicted molar refractivity (Wildman–Crippen MR) is 77.3 cm³/mol. The third-order valence-corrected chi connectivity index (χ3v) is 4.11. The molecule has 0 N–H and O–H groups in total. The molecule has 1 aromatic heterocycles. The lowest BCUT2D eigenvalue weighted by Crippen LogP contribution is -1.87. The number of ether oxygens (including phenoxy) is 1. The lowest BCUT2D eigenvalue weighted by atomic mass is 10.1. The van der Waals surface area contributed by atoms with Crippen LogP contribution in [-0.2, 0) is 0 Å². The third-order valence-electron chi connectivity index (χ3n) is 3.01. The average Bonchev–Trinajstić information content (AvgIpc) is 2.81. The number of aryl methyl sites for hydroxylation is 1. The minimum absolute atomic E-state index is 0.265. The highest BCUT2D eigenvalue weighted by Crippen LogP contribution is 2.34. The molecule has 3 aromatic rings. The number of thiophene rings is 1. The van der Waals surface area contributed by atoms with Crippen molar-refractivity contribution in [1.29, 1.82) is 0 Å². The van der Waals surface area contributed by atoms with E-state index in [1.54, 1.807) is 17.4 Å². The van der Waals surface area contributed by atoms with E-state index in [1.165, 1.54) is 23.4 Å². The summed E-state index contributed by atoms with van der Waals surface area (Å²) in [6.45, 7) is 2.06. The van der Waals surface area contributed by atoms with Crippen LogP contribution in [0.4, 0.5) is 4.39 Å². The van der Waals surface area contributed by atoms with Gasteiger partial charge in [-0.15, -0.1) is 11.3 Å². The van der Waals surface area contributed by atoms with Crippen LogP contribution in [0.5, 0.6) is 5.75 Å². The summed E-state index contributed by atoms with van der Waals surface area (Å²) in [7, 11) is 1.46. The second kappa shape index (κ2) is 4.67. The molecule has 3 rings (SSSR count). The van der Waals surface area contributed by atoms with Crippen LogP contribution in [0, 0.1) is 18.8 Å². The van der Waals surface area contributed by atoms with Crippen molar-refractivity contribution in [3.8, 4) is 16.2 Å². The first-order chi connectivity index (χ1) is 9.17. The van der Waals surface area contributed by atoms with Gasteiger partial charge in [-0.2, -0.15) is 0 Å². The van der Waals surface area contributed by atoms with E-state index in [0.29, 0.717) is 0 Å². The molecule has 0 saturated heterocycles. The van der Waals surface area contributed by atoms with Crippen LogP contribution in [0.1, 0.15) is 5.56 Å². The molecule has 19 heavy (non-hydrogen) atoms. The Bertz CT molecular complexity index is 746. The minimum atomic E-state index is -0.345. The molecule has 0 fully saturated rings. The van der Waals surface area contributed by atoms with Gasteiger partial charge in [-0.3, -0.25) is 0 Å². The molecule has 2 aromatic carbocycles. The lowest BCUT2D eigenvalue weighted by Gasteiger charge is -2.02. The molecule has 0 unspecified atom stereocenters. The van der Waals surface area contributed by atoms with E-state index in [4.69, 9.17) is 4.74 Å². The SMILES string of the molecule is COc1ccc(-c2[c]c3ccc(C)cc3s2)cc1F. The second-order valence-electron chi connectivity index (χ2n) is 4.41. The molecular formula is C16H12FOS. The Labute approximate surface area is 115 Å². The molecule has 1 heterocycles. The maximum Gasteiger partial charge on any atom is 0.165 e. The number of hydrogen-bond acceptors (Lipinski definition) is 2. The fourth-order valence-corrected chi connectivity index (χ4v) is 3.11. The molecule has 1 radical (unpaired) electrons. The Balaban J connectivity index is 2.11. The van der Waals surface area contributed by atoms with Gasteiger partial charge in [0.2, 0.25) is 0 Å². The standard InChI is InChI=1S/C16H12FOS/c1-10-3-4-12-9-16(19-15(12)7-10)11-5-6-14(18-2)13(17)8-11/h3-8H,1-2H3. The van der Waals surface area contributed by atoms with E-state index in [9.17, 15) is 4.39 Å². The monoisotopic (exact) mass is 271 g/mol. The van der Waals surface area contributed by atoms with Gasteiger partial charge >= 0.3 is 0 Å². The highest BCUT2D eigenvalue weighted by molar-refractivity contribution is 7.22. The summed E-state index contributed by atoms with van der Waals surface area (Å²) < 4.78 is 19.8. The summed E-state index contributed by atoms with van der Waals surface area (Å²) >= 11 is 1.62. The number of methoxy groups -OCH3 is 1. The van der Waals surface area contributed by atoms with Gasteiger partial charge in [0.1, 0.15) is 0 Å². The second-order valence-corrected chi connectivity index (χ2v) is 5.46. The van der Waals surface area contributed by atoms with Crippen molar-refractivity contribution < 1.29 is 9.13 Å². The van der Waals surface area contributed by atoms with Crippen molar-refractivity contribution in [3.63, 3.8) is 0 Å². The van der Waals surface area contributed by atoms with E-state index in [1.807, 2.05) is 12.1 Å². The normalized spacial score (nSPS) is 10.9. The van der Waals surface area contributed by atoms with Crippen molar-refractivity contribution in [2.24, 2.45) is 0 Å². The Hall–Kier alpha value is -1.87. The topological polar surface area (TPSA) is 9.23 Å². The van der Waals surface area contributed by atoms with Crippen LogP contribution in [-0.4, -0.2) is 7.11 Å². The van der Waals surface area contributed by atoms with Crippen LogP contribution in [0.2, 0.25) is 0 Å². The summed E-state index contributed by atoms with van der Waals surface area (Å²) in [5.41, 5.74) is 2.05. The van der Waals surface area contributed by atoms with Gasteiger partial charge in [0.05, 0.1) is 7.11 Å². The number of rotatable bonds is 2. The zero-order valence-corrected chi connectivity index (χ0v) is 11.5. The highest BCUT2D eigenvalue weighted by Gasteiger charge is 2.08. The number of fused-ring (bicyclic) bond motifs is 1. The quantitative estimate of drug-likeness (QED) is 0.649. The molecule has 1 nitrogen and oxygen atoms in total. The summed E-state index contributed by atoms with van der Waals surface area (Å²) in [5.74, 6) is -0.0808. The van der Waals surface area contributed by atoms with Crippen LogP contribution >= 0.6 is 11.3 Å². The minimum Gasteiger partial charge on any atom is -0.494 e. The highest BCUT2D eigenvalue weighted by atomic mass is 32.1. The molecule has 0 aliphatic carbocycles. The molecule has 0 spiro atoms. The number of halogens is 1. The largest absolute Gasteiger partial charge is 0.494 e. The van der Waals surface area contributed by atoms with Gasteiger partial charge < -0.3 is 4.74 Å². The fourth-order valence-electron chi connectivity index (χ4n) is 2.01. The molecule has 0 atom stereocenters. The maximum atomic E-state index is 13.7. The lowest BCUT2D eigenvalue weighted by molar-refractivity contribution is 0.386. The Kier molecular flexibility index (Phi) is 2.99. The van der Waals surface area contributed by atoms with Crippen molar-refractivity contribution in [2.45, 2.75) is 6.92 Å². The molecule has 0 amide bonds. The van der Waals surface area contributed by atoms with Crippen LogP contribution in [0.3, 0.4) is 0 Å². The first kappa shape index (κ1) is 12.2. The summed E-state index contributed by atoms with van der Waals surface area (Å²) in [6, 6.07) is 14.5. The van der Waals surface area contributed by atoms with Gasteiger partial charge in [0.25, 0.3) is 0 Å². The molecule has 0 bridgehead atoms. The predicted octanol–water partition coefficient (Wildman–Crippen LogP) is 4.82. The molecule has 0 aliphatic heterocycles. The van der Waals surface area contributed by atoms with Gasteiger partial charge in [-0.25, -0.2) is 4.39 Å². The van der Waals surface area contributed by atoms with E-state index < -0.39 is 0 Å². The summed E-state index contributed by atoms with van der Waals surface area (Å²) in [5, 5.41) is 1.07. The van der Waals surface area contributed by atoms with Gasteiger partial charge in [0, 0.05) is 21.0 Å². The van der Waals surface area contributed by atoms with E-state index >= 15 is 0 Å². The van der Waals surface area contributed by atoms with Crippen LogP contribution in [0.25, 0.3) is 20.5 Å². The number of benzene rings is 2. The first-order valence-corrected chi connectivity index (χ1v) is 6.75. The Morgan fingerprint density at radius 1 is 1.16 bits per heavy atom. The molecule has 3 heteroatoms. The fraction of sp³-hybridized carbons (Fsp3) is 0.125. The average molecular weight is 271 g/mol. The maximum absolute atomic E-state index is 13.7. The van der Waals surface area contributed by atoms with Crippen molar-refractivity contribution in [3.05, 3.63) is 53.8 Å². The van der Waals surface area contributed by atoms with Crippen molar-refractivity contribution >= 4 is 21.4 Å². The van der Waals surface area contributed by atoms with Gasteiger partial charge in [0.15, 0.2) is 11.6 Å². The van der Waals surface area contributed by atoms with Crippen LogP contribution in [0.15, 0.2) is 36.4 Å². The van der Waals surface area contributed by atoms with Gasteiger partial charge in [-0.05, 0) is 42.3 Å². The molecule has 0 aliphatic rings. The zero-order chi connectivity index (χ0) is 13.4. The molecule has 0 saturated carbocycles. The molecular weight excluding hydrogens is 259 g/mol. The Morgan fingerprint density at radius 3 is 2.74 bits per heavy atom. The zero-order valence-electron chi connectivity index (χ0n) is 10.7. The van der Waals surface area contributed by atoms with Crippen LogP contribution < -0.4 is 4.74 Å². The van der Waals surface area contributed by atoms with Crippen molar-refractivity contribution in [2.75, 3.05) is 7.11 Å². The van der Waals surface area contributed by atoms with Crippen molar-refractivity contribution in [1.82, 2.24) is 0 Å². The van der Waals surface area contributed by atoms with Gasteiger partial charge in [-0.1, -0.05) is 12.1 Å². The first-order valence-electron chi connectivity index (χ1n) is 5.94. The number of hydrogen-bond donors (Lipinski definition) is 0. The summed E-state index contributed by atoms with van der Waals surface area (Å²) in [4.78, 5) is 0.946. The Morgan fingerprint density at radius 2 is 2.00 bits per heavy atom. The smallest absolute Gasteiger partial charge is 0.165 e.